The summed E-state index contributed by atoms with van der Waals surface area (Å²) >= 11 is 0. The second-order valence-corrected chi connectivity index (χ2v) is 9.27. The number of hydrogen-bond donors (Lipinski definition) is 1. The third-order valence-electron chi connectivity index (χ3n) is 3.90. The molecule has 7 nitrogen and oxygen atoms in total. The Morgan fingerprint density at radius 1 is 1.19 bits per heavy atom. The fourth-order valence-corrected chi connectivity index (χ4v) is 3.39. The van der Waals surface area contributed by atoms with Gasteiger partial charge in [-0.25, -0.2) is 12.7 Å². The topological polar surface area (TPSA) is 79.0 Å². The van der Waals surface area contributed by atoms with Crippen molar-refractivity contribution in [3.8, 4) is 5.75 Å². The molecule has 0 aliphatic heterocycles. The van der Waals surface area contributed by atoms with Gasteiger partial charge in [0.15, 0.2) is 0 Å². The van der Waals surface area contributed by atoms with Crippen molar-refractivity contribution < 1.29 is 17.9 Å². The molecule has 0 fully saturated rings. The summed E-state index contributed by atoms with van der Waals surface area (Å²) in [4.78, 5) is 14.7. The highest BCUT2D eigenvalue weighted by Gasteiger charge is 2.21. The maximum Gasteiger partial charge on any atom is 0.242 e. The summed E-state index contributed by atoms with van der Waals surface area (Å²) in [5.41, 5.74) is 0.341. The number of sulfonamides is 1. The molecule has 0 aliphatic carbocycles. The number of ether oxygens (including phenoxy) is 1. The number of carbonyl (C=O) groups excluding carboxylic acids is 1. The van der Waals surface area contributed by atoms with Crippen molar-refractivity contribution in [2.24, 2.45) is 5.92 Å². The maximum absolute atomic E-state index is 12.5. The van der Waals surface area contributed by atoms with Crippen molar-refractivity contribution >= 4 is 21.6 Å². The molecule has 0 unspecified atom stereocenters. The summed E-state index contributed by atoms with van der Waals surface area (Å²) in [5, 5.41) is 2.78. The van der Waals surface area contributed by atoms with Gasteiger partial charge in [0.1, 0.15) is 5.75 Å². The SMILES string of the molecule is COc1ccc(S(=O)(=O)N(C)C)cc1NC(=O)CN(CC(C)C)C(C)C. The van der Waals surface area contributed by atoms with Crippen LogP contribution in [0.3, 0.4) is 0 Å². The second kappa shape index (κ2) is 9.34. The molecule has 0 bridgehead atoms. The second-order valence-electron chi connectivity index (χ2n) is 7.11. The largest absolute Gasteiger partial charge is 0.495 e. The summed E-state index contributed by atoms with van der Waals surface area (Å²) in [6.07, 6.45) is 0. The summed E-state index contributed by atoms with van der Waals surface area (Å²) in [6, 6.07) is 4.66. The van der Waals surface area contributed by atoms with Gasteiger partial charge < -0.3 is 10.1 Å². The highest BCUT2D eigenvalue weighted by atomic mass is 32.2. The minimum Gasteiger partial charge on any atom is -0.495 e. The third kappa shape index (κ3) is 5.96. The number of methoxy groups -OCH3 is 1. The van der Waals surface area contributed by atoms with Crippen molar-refractivity contribution in [1.82, 2.24) is 9.21 Å². The van der Waals surface area contributed by atoms with Crippen molar-refractivity contribution in [1.29, 1.82) is 0 Å². The van der Waals surface area contributed by atoms with E-state index in [2.05, 4.69) is 24.1 Å². The summed E-state index contributed by atoms with van der Waals surface area (Å²) in [5.74, 6) is 0.640. The first-order chi connectivity index (χ1) is 12.0. The van der Waals surface area contributed by atoms with Crippen LogP contribution in [0, 0.1) is 5.92 Å². The van der Waals surface area contributed by atoms with E-state index in [4.69, 9.17) is 4.74 Å². The van der Waals surface area contributed by atoms with Gasteiger partial charge in [0, 0.05) is 26.7 Å². The number of nitrogens with zero attached hydrogens (tertiary/aromatic N) is 2. The molecule has 0 radical (unpaired) electrons. The van der Waals surface area contributed by atoms with Gasteiger partial charge in [0.2, 0.25) is 15.9 Å². The number of amides is 1. The number of nitrogens with one attached hydrogen (secondary N) is 1. The Hall–Kier alpha value is -1.64. The van der Waals surface area contributed by atoms with Gasteiger partial charge in [0.05, 0.1) is 24.2 Å². The number of anilines is 1. The van der Waals surface area contributed by atoms with E-state index in [0.717, 1.165) is 10.8 Å². The Morgan fingerprint density at radius 2 is 1.81 bits per heavy atom. The Labute approximate surface area is 157 Å². The molecule has 0 atom stereocenters. The van der Waals surface area contributed by atoms with Crippen LogP contribution in [0.25, 0.3) is 0 Å². The Balaban J connectivity index is 3.05. The van der Waals surface area contributed by atoms with E-state index in [9.17, 15) is 13.2 Å². The van der Waals surface area contributed by atoms with Crippen molar-refractivity contribution in [3.05, 3.63) is 18.2 Å². The van der Waals surface area contributed by atoms with Crippen LogP contribution >= 0.6 is 0 Å². The van der Waals surface area contributed by atoms with E-state index in [1.54, 1.807) is 6.07 Å². The van der Waals surface area contributed by atoms with Crippen LogP contribution in [0.5, 0.6) is 5.75 Å². The maximum atomic E-state index is 12.5. The average Bonchev–Trinajstić information content (AvgIpc) is 2.53. The number of benzene rings is 1. The lowest BCUT2D eigenvalue weighted by Crippen LogP contribution is -2.40. The molecule has 0 spiro atoms. The first kappa shape index (κ1) is 22.4. The molecule has 1 aromatic carbocycles. The first-order valence-corrected chi connectivity index (χ1v) is 10.1. The van der Waals surface area contributed by atoms with Gasteiger partial charge in [0.25, 0.3) is 0 Å². The van der Waals surface area contributed by atoms with Gasteiger partial charge in [-0.1, -0.05) is 13.8 Å². The molecule has 1 amide bonds. The van der Waals surface area contributed by atoms with Gasteiger partial charge in [-0.2, -0.15) is 0 Å². The Bertz CT molecular complexity index is 715. The van der Waals surface area contributed by atoms with Crippen LogP contribution < -0.4 is 10.1 Å². The van der Waals surface area contributed by atoms with E-state index in [0.29, 0.717) is 17.4 Å². The molecule has 1 aromatic rings. The van der Waals surface area contributed by atoms with E-state index in [-0.39, 0.29) is 23.4 Å². The van der Waals surface area contributed by atoms with Gasteiger partial charge in [-0.05, 0) is 38.0 Å². The minimum atomic E-state index is -3.60. The predicted molar refractivity (Wildman–Crippen MR) is 104 cm³/mol. The predicted octanol–water partition coefficient (Wildman–Crippen LogP) is 2.25. The summed E-state index contributed by atoms with van der Waals surface area (Å²) in [7, 11) is 0.805. The lowest BCUT2D eigenvalue weighted by Gasteiger charge is -2.27. The molecule has 0 aromatic heterocycles. The van der Waals surface area contributed by atoms with Crippen molar-refractivity contribution in [2.75, 3.05) is 39.6 Å². The zero-order valence-electron chi connectivity index (χ0n) is 16.7. The highest BCUT2D eigenvalue weighted by Crippen LogP contribution is 2.28. The molecule has 1 rings (SSSR count). The summed E-state index contributed by atoms with van der Waals surface area (Å²) in [6.45, 7) is 9.32. The molecule has 0 heterocycles. The summed E-state index contributed by atoms with van der Waals surface area (Å²) < 4.78 is 31.0. The fourth-order valence-electron chi connectivity index (χ4n) is 2.46. The minimum absolute atomic E-state index is 0.0986. The molecule has 0 aliphatic rings. The van der Waals surface area contributed by atoms with Gasteiger partial charge >= 0.3 is 0 Å². The molecule has 26 heavy (non-hydrogen) atoms. The van der Waals surface area contributed by atoms with Crippen LogP contribution in [0.15, 0.2) is 23.1 Å². The molecule has 8 heteroatoms. The highest BCUT2D eigenvalue weighted by molar-refractivity contribution is 7.89. The molecule has 0 saturated carbocycles. The van der Waals surface area contributed by atoms with Crippen LogP contribution in [-0.4, -0.2) is 63.9 Å². The lowest BCUT2D eigenvalue weighted by atomic mass is 10.2. The van der Waals surface area contributed by atoms with Crippen molar-refractivity contribution in [3.63, 3.8) is 0 Å². The zero-order chi connectivity index (χ0) is 20.1. The monoisotopic (exact) mass is 385 g/mol. The average molecular weight is 386 g/mol. The lowest BCUT2D eigenvalue weighted by molar-refractivity contribution is -0.117. The van der Waals surface area contributed by atoms with Gasteiger partial charge in [-0.15, -0.1) is 0 Å². The van der Waals surface area contributed by atoms with E-state index >= 15 is 0 Å². The van der Waals surface area contributed by atoms with E-state index in [1.807, 2.05) is 13.8 Å². The van der Waals surface area contributed by atoms with Crippen LogP contribution in [0.4, 0.5) is 5.69 Å². The molecular formula is C18H31N3O4S. The molecular weight excluding hydrogens is 354 g/mol. The number of carbonyl (C=O) groups is 1. The van der Waals surface area contributed by atoms with Crippen LogP contribution in [0.1, 0.15) is 27.7 Å². The van der Waals surface area contributed by atoms with Crippen LogP contribution in [-0.2, 0) is 14.8 Å². The van der Waals surface area contributed by atoms with Crippen LogP contribution in [0.2, 0.25) is 0 Å². The van der Waals surface area contributed by atoms with E-state index in [1.165, 1.54) is 33.3 Å². The molecule has 1 N–H and O–H groups in total. The number of rotatable bonds is 9. The quantitative estimate of drug-likeness (QED) is 0.705. The normalized spacial score (nSPS) is 12.3. The fraction of sp³-hybridized carbons (Fsp3) is 0.611. The Kier molecular flexibility index (Phi) is 8.05. The first-order valence-electron chi connectivity index (χ1n) is 8.63. The standard InChI is InChI=1S/C18H31N3O4S/c1-13(2)11-21(14(3)4)12-18(22)19-16-10-15(8-9-17(16)25-7)26(23,24)20(5)6/h8-10,13-14H,11-12H2,1-7H3,(H,19,22). The molecule has 148 valence electrons. The Morgan fingerprint density at radius 3 is 2.27 bits per heavy atom. The molecule has 0 saturated heterocycles. The van der Waals surface area contributed by atoms with E-state index < -0.39 is 10.0 Å². The third-order valence-corrected chi connectivity index (χ3v) is 5.71. The van der Waals surface area contributed by atoms with Gasteiger partial charge in [-0.3, -0.25) is 9.69 Å². The smallest absolute Gasteiger partial charge is 0.242 e. The van der Waals surface area contributed by atoms with Crippen molar-refractivity contribution in [2.45, 2.75) is 38.6 Å². The zero-order valence-corrected chi connectivity index (χ0v) is 17.6. The number of hydrogen-bond acceptors (Lipinski definition) is 5.